The normalized spacial score (nSPS) is 12.5. The Morgan fingerprint density at radius 2 is 2.00 bits per heavy atom. The number of hydrogen-bond donors (Lipinski definition) is 2. The molecule has 0 spiro atoms. The van der Waals surface area contributed by atoms with Crippen molar-refractivity contribution in [2.24, 2.45) is 0 Å². The minimum absolute atomic E-state index is 0.0195. The van der Waals surface area contributed by atoms with Gasteiger partial charge in [0.2, 0.25) is 0 Å². The van der Waals surface area contributed by atoms with Gasteiger partial charge in [0, 0.05) is 7.05 Å². The number of nitrogens with zero attached hydrogens (tertiary/aromatic N) is 4. The molecule has 6 nitrogen and oxygen atoms in total. The third-order valence-corrected chi connectivity index (χ3v) is 3.29. The molecule has 20 heavy (non-hydrogen) atoms. The van der Waals surface area contributed by atoms with Crippen molar-refractivity contribution in [1.29, 1.82) is 0 Å². The summed E-state index contributed by atoms with van der Waals surface area (Å²) in [6, 6.07) is 9.60. The van der Waals surface area contributed by atoms with Gasteiger partial charge in [0.1, 0.15) is 11.8 Å². The Kier molecular flexibility index (Phi) is 3.30. The molecule has 1 aromatic carbocycles. The Balaban J connectivity index is 2.14. The molecule has 0 bridgehead atoms. The second-order valence-electron chi connectivity index (χ2n) is 4.41. The van der Waals surface area contributed by atoms with Crippen LogP contribution in [0.2, 0.25) is 0 Å². The van der Waals surface area contributed by atoms with Crippen LogP contribution in [0.1, 0.15) is 11.6 Å². The third-order valence-electron chi connectivity index (χ3n) is 3.29. The second-order valence-corrected chi connectivity index (χ2v) is 4.41. The van der Waals surface area contributed by atoms with E-state index in [4.69, 9.17) is 0 Å². The summed E-state index contributed by atoms with van der Waals surface area (Å²) >= 11 is 0. The topological polar surface area (TPSA) is 75.9 Å². The van der Waals surface area contributed by atoms with Crippen molar-refractivity contribution in [2.45, 2.75) is 6.04 Å². The van der Waals surface area contributed by atoms with Crippen molar-refractivity contribution >= 4 is 17.0 Å². The monoisotopic (exact) mass is 269 g/mol. The van der Waals surface area contributed by atoms with E-state index in [1.165, 1.54) is 6.33 Å². The molecule has 2 heterocycles. The minimum Gasteiger partial charge on any atom is -0.394 e. The molecule has 0 aliphatic rings. The van der Waals surface area contributed by atoms with E-state index in [9.17, 15) is 5.11 Å². The first-order valence-electron chi connectivity index (χ1n) is 6.36. The third kappa shape index (κ3) is 2.00. The van der Waals surface area contributed by atoms with Crippen LogP contribution in [0.3, 0.4) is 0 Å². The number of aliphatic hydroxyl groups is 1. The van der Waals surface area contributed by atoms with Crippen LogP contribution in [-0.4, -0.2) is 38.3 Å². The molecule has 0 fully saturated rings. The molecule has 3 rings (SSSR count). The van der Waals surface area contributed by atoms with Crippen molar-refractivity contribution in [2.75, 3.05) is 19.0 Å². The molecule has 0 amide bonds. The molecule has 1 unspecified atom stereocenters. The number of anilines is 1. The fourth-order valence-corrected chi connectivity index (χ4v) is 2.29. The van der Waals surface area contributed by atoms with Gasteiger partial charge in [0.15, 0.2) is 11.5 Å². The molecule has 0 radical (unpaired) electrons. The van der Waals surface area contributed by atoms with E-state index in [0.29, 0.717) is 17.0 Å². The van der Waals surface area contributed by atoms with Gasteiger partial charge in [-0.2, -0.15) is 0 Å². The lowest BCUT2D eigenvalue weighted by molar-refractivity contribution is 0.251. The highest BCUT2D eigenvalue weighted by molar-refractivity contribution is 5.82. The van der Waals surface area contributed by atoms with Crippen LogP contribution in [-0.2, 0) is 0 Å². The lowest BCUT2D eigenvalue weighted by atomic mass is 10.1. The highest BCUT2D eigenvalue weighted by atomic mass is 16.3. The number of rotatable bonds is 4. The van der Waals surface area contributed by atoms with Gasteiger partial charge in [-0.25, -0.2) is 15.0 Å². The molecule has 0 aliphatic carbocycles. The summed E-state index contributed by atoms with van der Waals surface area (Å²) in [7, 11) is 1.79. The smallest absolute Gasteiger partial charge is 0.166 e. The molecule has 0 saturated carbocycles. The van der Waals surface area contributed by atoms with E-state index >= 15 is 0 Å². The molecule has 2 aromatic heterocycles. The Morgan fingerprint density at radius 3 is 2.70 bits per heavy atom. The van der Waals surface area contributed by atoms with Gasteiger partial charge >= 0.3 is 0 Å². The van der Waals surface area contributed by atoms with Crippen LogP contribution in [0.25, 0.3) is 11.2 Å². The molecule has 2 N–H and O–H groups in total. The van der Waals surface area contributed by atoms with Crippen molar-refractivity contribution < 1.29 is 5.11 Å². The largest absolute Gasteiger partial charge is 0.394 e. The molecule has 6 heteroatoms. The number of fused-ring (bicyclic) bond motifs is 1. The maximum atomic E-state index is 9.73. The quantitative estimate of drug-likeness (QED) is 0.749. The average molecular weight is 269 g/mol. The zero-order valence-electron chi connectivity index (χ0n) is 11.1. The van der Waals surface area contributed by atoms with Crippen molar-refractivity contribution in [3.8, 4) is 0 Å². The zero-order chi connectivity index (χ0) is 13.9. The number of imidazole rings is 1. The molecule has 102 valence electrons. The number of benzene rings is 1. The Labute approximate surface area is 116 Å². The average Bonchev–Trinajstić information content (AvgIpc) is 2.93. The predicted molar refractivity (Wildman–Crippen MR) is 76.5 cm³/mol. The van der Waals surface area contributed by atoms with Crippen LogP contribution in [0, 0.1) is 0 Å². The fraction of sp³-hybridized carbons (Fsp3) is 0.214. The van der Waals surface area contributed by atoms with Crippen LogP contribution < -0.4 is 5.32 Å². The highest BCUT2D eigenvalue weighted by Gasteiger charge is 2.17. The van der Waals surface area contributed by atoms with Gasteiger partial charge in [-0.3, -0.25) is 0 Å². The lowest BCUT2D eigenvalue weighted by Gasteiger charge is -2.16. The summed E-state index contributed by atoms with van der Waals surface area (Å²) in [5, 5.41) is 12.7. The Hall–Kier alpha value is -2.47. The summed E-state index contributed by atoms with van der Waals surface area (Å²) in [6.07, 6.45) is 3.18. The van der Waals surface area contributed by atoms with E-state index in [1.807, 2.05) is 34.9 Å². The van der Waals surface area contributed by atoms with Crippen LogP contribution in [0.4, 0.5) is 5.82 Å². The highest BCUT2D eigenvalue weighted by Crippen LogP contribution is 2.24. The maximum absolute atomic E-state index is 9.73. The van der Waals surface area contributed by atoms with Crippen molar-refractivity contribution in [3.05, 3.63) is 48.5 Å². The van der Waals surface area contributed by atoms with Crippen molar-refractivity contribution in [1.82, 2.24) is 19.5 Å². The Bertz CT molecular complexity index is 710. The SMILES string of the molecule is CNc1ncnc2c1ncn2C(CO)c1ccccc1. The summed E-state index contributed by atoms with van der Waals surface area (Å²) in [5.41, 5.74) is 2.41. The van der Waals surface area contributed by atoms with E-state index in [-0.39, 0.29) is 12.6 Å². The van der Waals surface area contributed by atoms with E-state index in [1.54, 1.807) is 13.4 Å². The minimum atomic E-state index is -0.208. The van der Waals surface area contributed by atoms with Crippen LogP contribution in [0.5, 0.6) is 0 Å². The van der Waals surface area contributed by atoms with E-state index in [0.717, 1.165) is 5.56 Å². The first-order valence-corrected chi connectivity index (χ1v) is 6.36. The number of nitrogens with one attached hydrogen (secondary N) is 1. The number of aromatic nitrogens is 4. The maximum Gasteiger partial charge on any atom is 0.166 e. The van der Waals surface area contributed by atoms with Gasteiger partial charge in [-0.1, -0.05) is 30.3 Å². The van der Waals surface area contributed by atoms with Gasteiger partial charge in [-0.05, 0) is 5.56 Å². The van der Waals surface area contributed by atoms with Crippen LogP contribution in [0.15, 0.2) is 43.0 Å². The summed E-state index contributed by atoms with van der Waals surface area (Å²) < 4.78 is 1.87. The standard InChI is InChI=1S/C14H15N5O/c1-15-13-12-14(17-8-16-13)19(9-18-12)11(7-20)10-5-3-2-4-6-10/h2-6,8-9,11,20H,7H2,1H3,(H,15,16,17). The molecular formula is C14H15N5O. The van der Waals surface area contributed by atoms with E-state index < -0.39 is 0 Å². The number of aliphatic hydroxyl groups excluding tert-OH is 1. The van der Waals surface area contributed by atoms with Gasteiger partial charge < -0.3 is 15.0 Å². The first-order chi connectivity index (χ1) is 9.85. The lowest BCUT2D eigenvalue weighted by Crippen LogP contribution is -2.14. The molecule has 1 atom stereocenters. The molecule has 0 aliphatic heterocycles. The van der Waals surface area contributed by atoms with Gasteiger partial charge in [-0.15, -0.1) is 0 Å². The fourth-order valence-electron chi connectivity index (χ4n) is 2.29. The summed E-state index contributed by atoms with van der Waals surface area (Å²) in [6.45, 7) is -0.0195. The second kappa shape index (κ2) is 5.26. The number of hydrogen-bond acceptors (Lipinski definition) is 5. The predicted octanol–water partition coefficient (Wildman–Crippen LogP) is 1.45. The molecule has 3 aromatic rings. The molecular weight excluding hydrogens is 254 g/mol. The molecule has 0 saturated heterocycles. The van der Waals surface area contributed by atoms with Gasteiger partial charge in [0.05, 0.1) is 19.0 Å². The Morgan fingerprint density at radius 1 is 1.20 bits per heavy atom. The van der Waals surface area contributed by atoms with Gasteiger partial charge in [0.25, 0.3) is 0 Å². The summed E-state index contributed by atoms with van der Waals surface area (Å²) in [5.74, 6) is 0.679. The summed E-state index contributed by atoms with van der Waals surface area (Å²) in [4.78, 5) is 12.8. The first kappa shape index (κ1) is 12.6. The van der Waals surface area contributed by atoms with E-state index in [2.05, 4.69) is 20.3 Å². The van der Waals surface area contributed by atoms with Crippen LogP contribution >= 0.6 is 0 Å². The zero-order valence-corrected chi connectivity index (χ0v) is 11.1. The van der Waals surface area contributed by atoms with Crippen molar-refractivity contribution in [3.63, 3.8) is 0 Å².